The SMILES string of the molecule is COC(CCCCCCCCCC(C)(C)c1ccc(C(C)(C)CCCCCCCCCC(OC)OC)cc1)OC. The second kappa shape index (κ2) is 21.7. The van der Waals surface area contributed by atoms with Crippen molar-refractivity contribution in [1.29, 1.82) is 0 Å². The van der Waals surface area contributed by atoms with Crippen molar-refractivity contribution in [3.8, 4) is 0 Å². The summed E-state index contributed by atoms with van der Waals surface area (Å²) in [6.45, 7) is 9.68. The summed E-state index contributed by atoms with van der Waals surface area (Å²) in [6, 6.07) is 9.62. The van der Waals surface area contributed by atoms with Crippen LogP contribution in [0.1, 0.15) is 154 Å². The summed E-state index contributed by atoms with van der Waals surface area (Å²) in [6.07, 6.45) is 22.8. The van der Waals surface area contributed by atoms with Gasteiger partial charge in [-0.15, -0.1) is 0 Å². The first-order chi connectivity index (χ1) is 19.2. The van der Waals surface area contributed by atoms with Crippen LogP contribution in [0.25, 0.3) is 0 Å². The lowest BCUT2D eigenvalue weighted by atomic mass is 9.76. The molecule has 0 atom stereocenters. The summed E-state index contributed by atoms with van der Waals surface area (Å²) in [5.74, 6) is 0. The standard InChI is InChI=1S/C36H66O4/c1-35(2,29-21-17-13-9-11-15-19-23-33(37-5)38-6)31-25-27-32(28-26-31)36(3,4)30-22-18-14-10-12-16-20-24-34(39-7)40-8/h25-28,33-34H,9-24,29-30H2,1-8H3. The van der Waals surface area contributed by atoms with Crippen molar-refractivity contribution < 1.29 is 18.9 Å². The fourth-order valence-corrected chi connectivity index (χ4v) is 5.85. The fraction of sp³-hybridized carbons (Fsp3) is 0.833. The first-order valence-corrected chi connectivity index (χ1v) is 16.4. The lowest BCUT2D eigenvalue weighted by molar-refractivity contribution is -0.107. The van der Waals surface area contributed by atoms with E-state index in [1.54, 1.807) is 28.4 Å². The zero-order valence-electron chi connectivity index (χ0n) is 27.8. The molecule has 0 unspecified atom stereocenters. The van der Waals surface area contributed by atoms with E-state index in [2.05, 4.69) is 52.0 Å². The minimum Gasteiger partial charge on any atom is -0.356 e. The molecule has 0 fully saturated rings. The molecule has 0 heterocycles. The van der Waals surface area contributed by atoms with Gasteiger partial charge in [0.1, 0.15) is 0 Å². The van der Waals surface area contributed by atoms with Gasteiger partial charge in [0, 0.05) is 28.4 Å². The van der Waals surface area contributed by atoms with E-state index in [0.717, 1.165) is 12.8 Å². The number of benzene rings is 1. The second-order valence-electron chi connectivity index (χ2n) is 13.2. The topological polar surface area (TPSA) is 36.9 Å². The molecule has 0 aliphatic carbocycles. The second-order valence-corrected chi connectivity index (χ2v) is 13.2. The van der Waals surface area contributed by atoms with Crippen LogP contribution in [0, 0.1) is 0 Å². The van der Waals surface area contributed by atoms with E-state index in [0.29, 0.717) is 0 Å². The van der Waals surface area contributed by atoms with Crippen LogP contribution in [0.5, 0.6) is 0 Å². The number of rotatable bonds is 26. The maximum Gasteiger partial charge on any atom is 0.156 e. The van der Waals surface area contributed by atoms with Gasteiger partial charge in [0.15, 0.2) is 12.6 Å². The molecule has 0 amide bonds. The minimum absolute atomic E-state index is 0.0323. The van der Waals surface area contributed by atoms with Crippen molar-refractivity contribution >= 4 is 0 Å². The summed E-state index contributed by atoms with van der Waals surface area (Å²) in [4.78, 5) is 0. The highest BCUT2D eigenvalue weighted by atomic mass is 16.7. The van der Waals surface area contributed by atoms with Gasteiger partial charge in [-0.3, -0.25) is 0 Å². The van der Waals surface area contributed by atoms with Crippen LogP contribution >= 0.6 is 0 Å². The Morgan fingerprint density at radius 1 is 0.425 bits per heavy atom. The van der Waals surface area contributed by atoms with Gasteiger partial charge in [-0.2, -0.15) is 0 Å². The predicted molar refractivity (Wildman–Crippen MR) is 171 cm³/mol. The zero-order chi connectivity index (χ0) is 29.7. The Morgan fingerprint density at radius 2 is 0.675 bits per heavy atom. The van der Waals surface area contributed by atoms with Gasteiger partial charge in [0.25, 0.3) is 0 Å². The van der Waals surface area contributed by atoms with Gasteiger partial charge in [-0.25, -0.2) is 0 Å². The molecule has 0 saturated heterocycles. The van der Waals surface area contributed by atoms with E-state index in [1.807, 2.05) is 0 Å². The third kappa shape index (κ3) is 15.9. The Balaban J connectivity index is 2.23. The molecule has 0 saturated carbocycles. The summed E-state index contributed by atoms with van der Waals surface area (Å²) in [7, 11) is 6.89. The lowest BCUT2D eigenvalue weighted by Gasteiger charge is -2.29. The van der Waals surface area contributed by atoms with E-state index >= 15 is 0 Å². The smallest absolute Gasteiger partial charge is 0.156 e. The fourth-order valence-electron chi connectivity index (χ4n) is 5.85. The average molecular weight is 563 g/mol. The Kier molecular flexibility index (Phi) is 20.1. The van der Waals surface area contributed by atoms with Crippen molar-refractivity contribution in [1.82, 2.24) is 0 Å². The molecular weight excluding hydrogens is 496 g/mol. The van der Waals surface area contributed by atoms with Crippen molar-refractivity contribution in [3.63, 3.8) is 0 Å². The van der Waals surface area contributed by atoms with Crippen LogP contribution < -0.4 is 0 Å². The van der Waals surface area contributed by atoms with Gasteiger partial charge < -0.3 is 18.9 Å². The maximum absolute atomic E-state index is 5.27. The summed E-state index contributed by atoms with van der Waals surface area (Å²) in [5.41, 5.74) is 3.46. The van der Waals surface area contributed by atoms with Gasteiger partial charge >= 0.3 is 0 Å². The third-order valence-electron chi connectivity index (χ3n) is 8.98. The van der Waals surface area contributed by atoms with Crippen LogP contribution in [-0.2, 0) is 29.8 Å². The monoisotopic (exact) mass is 562 g/mol. The molecule has 0 aliphatic heterocycles. The molecule has 1 rings (SSSR count). The highest BCUT2D eigenvalue weighted by Gasteiger charge is 2.23. The van der Waals surface area contributed by atoms with Crippen molar-refractivity contribution in [2.24, 2.45) is 0 Å². The van der Waals surface area contributed by atoms with Gasteiger partial charge in [0.05, 0.1) is 0 Å². The van der Waals surface area contributed by atoms with Gasteiger partial charge in [0.2, 0.25) is 0 Å². The highest BCUT2D eigenvalue weighted by molar-refractivity contribution is 5.31. The van der Waals surface area contributed by atoms with E-state index < -0.39 is 0 Å². The van der Waals surface area contributed by atoms with E-state index in [9.17, 15) is 0 Å². The van der Waals surface area contributed by atoms with Crippen LogP contribution in [-0.4, -0.2) is 41.0 Å². The zero-order valence-corrected chi connectivity index (χ0v) is 27.8. The Hall–Kier alpha value is -0.940. The number of ether oxygens (including phenoxy) is 4. The van der Waals surface area contributed by atoms with Crippen LogP contribution in [0.3, 0.4) is 0 Å². The van der Waals surface area contributed by atoms with E-state index in [-0.39, 0.29) is 23.4 Å². The normalized spacial score (nSPS) is 12.7. The largest absolute Gasteiger partial charge is 0.356 e. The predicted octanol–water partition coefficient (Wildman–Crippen LogP) is 10.5. The van der Waals surface area contributed by atoms with Crippen molar-refractivity contribution in [2.45, 2.75) is 167 Å². The molecule has 4 nitrogen and oxygen atoms in total. The average Bonchev–Trinajstić information content (AvgIpc) is 2.95. The maximum atomic E-state index is 5.27. The number of hydrogen-bond acceptors (Lipinski definition) is 4. The molecule has 0 radical (unpaired) electrons. The molecule has 0 N–H and O–H groups in total. The molecule has 0 aliphatic rings. The van der Waals surface area contributed by atoms with Gasteiger partial charge in [-0.1, -0.05) is 129 Å². The number of unbranched alkanes of at least 4 members (excludes halogenated alkanes) is 12. The lowest BCUT2D eigenvalue weighted by Crippen LogP contribution is -2.19. The number of hydrogen-bond donors (Lipinski definition) is 0. The summed E-state index contributed by atoms with van der Waals surface area (Å²) >= 11 is 0. The van der Waals surface area contributed by atoms with E-state index in [1.165, 1.54) is 114 Å². The molecule has 1 aromatic carbocycles. The summed E-state index contributed by atoms with van der Waals surface area (Å²) < 4.78 is 21.1. The van der Waals surface area contributed by atoms with Crippen LogP contribution in [0.4, 0.5) is 0 Å². The molecule has 0 aromatic heterocycles. The molecule has 4 heteroatoms. The minimum atomic E-state index is -0.0323. The van der Waals surface area contributed by atoms with Crippen LogP contribution in [0.15, 0.2) is 24.3 Å². The Labute approximate surface area is 249 Å². The molecule has 234 valence electrons. The van der Waals surface area contributed by atoms with Crippen molar-refractivity contribution in [3.05, 3.63) is 35.4 Å². The first-order valence-electron chi connectivity index (χ1n) is 16.4. The first kappa shape index (κ1) is 37.1. The Bertz CT molecular complexity index is 643. The van der Waals surface area contributed by atoms with Crippen LogP contribution in [0.2, 0.25) is 0 Å². The molecular formula is C36H66O4. The molecule has 1 aromatic rings. The Morgan fingerprint density at radius 3 is 0.950 bits per heavy atom. The number of methoxy groups -OCH3 is 4. The third-order valence-corrected chi connectivity index (χ3v) is 8.98. The van der Waals surface area contributed by atoms with Gasteiger partial charge in [-0.05, 0) is 60.5 Å². The molecule has 40 heavy (non-hydrogen) atoms. The summed E-state index contributed by atoms with van der Waals surface area (Å²) in [5, 5.41) is 0. The van der Waals surface area contributed by atoms with E-state index in [4.69, 9.17) is 18.9 Å². The highest BCUT2D eigenvalue weighted by Crippen LogP contribution is 2.34. The molecule has 0 bridgehead atoms. The molecule has 0 spiro atoms. The van der Waals surface area contributed by atoms with Crippen molar-refractivity contribution in [2.75, 3.05) is 28.4 Å². The quantitative estimate of drug-likeness (QED) is 0.0831.